The third-order valence-corrected chi connectivity index (χ3v) is 4.12. The molecule has 0 bridgehead atoms. The summed E-state index contributed by atoms with van der Waals surface area (Å²) < 4.78 is 24.8. The highest BCUT2D eigenvalue weighted by Gasteiger charge is 2.16. The summed E-state index contributed by atoms with van der Waals surface area (Å²) in [5.41, 5.74) is 0.628. The van der Waals surface area contributed by atoms with Gasteiger partial charge in [0.05, 0.1) is 11.7 Å². The van der Waals surface area contributed by atoms with E-state index < -0.39 is 11.7 Å². The van der Waals surface area contributed by atoms with Crippen LogP contribution < -0.4 is 15.4 Å². The monoisotopic (exact) mass is 374 g/mol. The molecule has 2 N–H and O–H groups in total. The minimum Gasteiger partial charge on any atom is -0.491 e. The zero-order chi connectivity index (χ0) is 18.4. The first kappa shape index (κ1) is 18.3. The Balaban J connectivity index is 1.49. The van der Waals surface area contributed by atoms with Gasteiger partial charge in [-0.25, -0.2) is 4.39 Å². The number of thiocarbonyl (C=S) groups is 1. The van der Waals surface area contributed by atoms with E-state index in [2.05, 4.69) is 10.6 Å². The zero-order valence-electron chi connectivity index (χ0n) is 14.0. The second-order valence-corrected chi connectivity index (χ2v) is 6.27. The third-order valence-electron chi connectivity index (χ3n) is 3.92. The lowest BCUT2D eigenvalue weighted by atomic mass is 10.2. The summed E-state index contributed by atoms with van der Waals surface area (Å²) >= 11 is 5.10. The number of rotatable bonds is 5. The van der Waals surface area contributed by atoms with Gasteiger partial charge in [0, 0.05) is 12.3 Å². The maximum absolute atomic E-state index is 13.6. The SMILES string of the molecule is O=C(NC(=S)Nc1ccc(OC[C@H]2CCCO2)cc1)c1ccccc1F. The number of halogens is 1. The Labute approximate surface area is 156 Å². The Hall–Kier alpha value is -2.51. The largest absolute Gasteiger partial charge is 0.491 e. The maximum atomic E-state index is 13.6. The molecule has 0 aromatic heterocycles. The molecule has 1 aliphatic rings. The van der Waals surface area contributed by atoms with Crippen LogP contribution in [0.4, 0.5) is 10.1 Å². The number of carbonyl (C=O) groups is 1. The van der Waals surface area contributed by atoms with Gasteiger partial charge < -0.3 is 14.8 Å². The van der Waals surface area contributed by atoms with Crippen LogP contribution in [-0.2, 0) is 4.74 Å². The third kappa shape index (κ3) is 5.00. The van der Waals surface area contributed by atoms with Gasteiger partial charge in [-0.05, 0) is 61.5 Å². The van der Waals surface area contributed by atoms with Crippen molar-refractivity contribution in [2.45, 2.75) is 18.9 Å². The number of nitrogens with one attached hydrogen (secondary N) is 2. The van der Waals surface area contributed by atoms with Crippen molar-refractivity contribution in [3.05, 3.63) is 59.9 Å². The van der Waals surface area contributed by atoms with Gasteiger partial charge in [-0.3, -0.25) is 10.1 Å². The van der Waals surface area contributed by atoms with Crippen LogP contribution in [0.5, 0.6) is 5.75 Å². The van der Waals surface area contributed by atoms with Gasteiger partial charge in [0.1, 0.15) is 18.2 Å². The molecule has 3 rings (SSSR count). The Bertz CT molecular complexity index is 777. The molecule has 0 unspecified atom stereocenters. The average molecular weight is 374 g/mol. The van der Waals surface area contributed by atoms with Crippen molar-refractivity contribution in [3.8, 4) is 5.75 Å². The van der Waals surface area contributed by atoms with E-state index in [4.69, 9.17) is 21.7 Å². The first-order chi connectivity index (χ1) is 12.6. The van der Waals surface area contributed by atoms with E-state index in [0.717, 1.165) is 25.2 Å². The Morgan fingerprint density at radius 1 is 1.23 bits per heavy atom. The number of benzene rings is 2. The molecule has 5 nitrogen and oxygen atoms in total. The van der Waals surface area contributed by atoms with Crippen LogP contribution in [0.15, 0.2) is 48.5 Å². The van der Waals surface area contributed by atoms with Gasteiger partial charge >= 0.3 is 0 Å². The van der Waals surface area contributed by atoms with Gasteiger partial charge in [-0.2, -0.15) is 0 Å². The fraction of sp³-hybridized carbons (Fsp3) is 0.263. The van der Waals surface area contributed by atoms with Crippen LogP contribution in [0.1, 0.15) is 23.2 Å². The molecular weight excluding hydrogens is 355 g/mol. The molecule has 1 heterocycles. The predicted octanol–water partition coefficient (Wildman–Crippen LogP) is 3.51. The molecule has 2 aromatic carbocycles. The standard InChI is InChI=1S/C19H19FN2O3S/c20-17-6-2-1-5-16(17)18(23)22-19(26)21-13-7-9-14(10-8-13)25-12-15-4-3-11-24-15/h1-2,5-10,15H,3-4,11-12H2,(H2,21,22,23,26)/t15-/m1/s1. The molecule has 1 aliphatic heterocycles. The second kappa shape index (κ2) is 8.73. The topological polar surface area (TPSA) is 59.6 Å². The lowest BCUT2D eigenvalue weighted by Crippen LogP contribution is -2.34. The molecule has 1 saturated heterocycles. The summed E-state index contributed by atoms with van der Waals surface area (Å²) in [5.74, 6) is -0.468. The first-order valence-corrected chi connectivity index (χ1v) is 8.74. The molecule has 1 atom stereocenters. The Morgan fingerprint density at radius 2 is 2.00 bits per heavy atom. The average Bonchev–Trinajstić information content (AvgIpc) is 3.15. The van der Waals surface area contributed by atoms with Crippen LogP contribution in [0.25, 0.3) is 0 Å². The van der Waals surface area contributed by atoms with Gasteiger partial charge in [0.25, 0.3) is 5.91 Å². The van der Waals surface area contributed by atoms with E-state index in [1.54, 1.807) is 30.3 Å². The summed E-state index contributed by atoms with van der Waals surface area (Å²) in [6.45, 7) is 1.33. The molecule has 26 heavy (non-hydrogen) atoms. The Kier molecular flexibility index (Phi) is 6.14. The molecule has 0 radical (unpaired) electrons. The van der Waals surface area contributed by atoms with Crippen LogP contribution >= 0.6 is 12.2 Å². The second-order valence-electron chi connectivity index (χ2n) is 5.86. The van der Waals surface area contributed by atoms with E-state index in [0.29, 0.717) is 12.3 Å². The first-order valence-electron chi connectivity index (χ1n) is 8.33. The molecule has 1 fully saturated rings. The molecule has 0 spiro atoms. The quantitative estimate of drug-likeness (QED) is 0.785. The molecular formula is C19H19FN2O3S. The maximum Gasteiger partial charge on any atom is 0.260 e. The molecule has 0 aliphatic carbocycles. The summed E-state index contributed by atoms with van der Waals surface area (Å²) in [7, 11) is 0. The van der Waals surface area contributed by atoms with Crippen LogP contribution in [-0.4, -0.2) is 30.3 Å². The molecule has 0 saturated carbocycles. The van der Waals surface area contributed by atoms with Crippen molar-refractivity contribution >= 4 is 28.9 Å². The lowest BCUT2D eigenvalue weighted by molar-refractivity contribution is 0.0679. The van der Waals surface area contributed by atoms with Gasteiger partial charge in [-0.1, -0.05) is 12.1 Å². The normalized spacial score (nSPS) is 16.1. The fourth-order valence-corrected chi connectivity index (χ4v) is 2.79. The highest BCUT2D eigenvalue weighted by atomic mass is 32.1. The highest BCUT2D eigenvalue weighted by Crippen LogP contribution is 2.18. The number of carbonyl (C=O) groups excluding carboxylic acids is 1. The van der Waals surface area contributed by atoms with Crippen LogP contribution in [0.3, 0.4) is 0 Å². The van der Waals surface area contributed by atoms with Gasteiger partial charge in [0.2, 0.25) is 0 Å². The minimum atomic E-state index is -0.600. The predicted molar refractivity (Wildman–Crippen MR) is 101 cm³/mol. The van der Waals surface area contributed by atoms with E-state index in [1.165, 1.54) is 18.2 Å². The molecule has 2 aromatic rings. The molecule has 136 valence electrons. The van der Waals surface area contributed by atoms with Crippen molar-refractivity contribution in [2.75, 3.05) is 18.5 Å². The van der Waals surface area contributed by atoms with E-state index in [1.807, 2.05) is 0 Å². The fourth-order valence-electron chi connectivity index (χ4n) is 2.58. The highest BCUT2D eigenvalue weighted by molar-refractivity contribution is 7.80. The van der Waals surface area contributed by atoms with Gasteiger partial charge in [-0.15, -0.1) is 0 Å². The number of hydrogen-bond acceptors (Lipinski definition) is 4. The van der Waals surface area contributed by atoms with E-state index in [-0.39, 0.29) is 16.8 Å². The summed E-state index contributed by atoms with van der Waals surface area (Å²) in [6.07, 6.45) is 2.26. The number of anilines is 1. The number of ether oxygens (including phenoxy) is 2. The van der Waals surface area contributed by atoms with Crippen molar-refractivity contribution in [2.24, 2.45) is 0 Å². The summed E-state index contributed by atoms with van der Waals surface area (Å²) in [4.78, 5) is 12.0. The van der Waals surface area contributed by atoms with Crippen LogP contribution in [0, 0.1) is 5.82 Å². The number of amides is 1. The smallest absolute Gasteiger partial charge is 0.260 e. The van der Waals surface area contributed by atoms with E-state index >= 15 is 0 Å². The zero-order valence-corrected chi connectivity index (χ0v) is 14.9. The van der Waals surface area contributed by atoms with Crippen molar-refractivity contribution in [1.82, 2.24) is 5.32 Å². The lowest BCUT2D eigenvalue weighted by Gasteiger charge is -2.13. The summed E-state index contributed by atoms with van der Waals surface area (Å²) in [5, 5.41) is 5.43. The summed E-state index contributed by atoms with van der Waals surface area (Å²) in [6, 6.07) is 12.9. The van der Waals surface area contributed by atoms with Crippen molar-refractivity contribution < 1.29 is 18.7 Å². The van der Waals surface area contributed by atoms with E-state index in [9.17, 15) is 9.18 Å². The minimum absolute atomic E-state index is 0.0606. The number of hydrogen-bond donors (Lipinski definition) is 2. The van der Waals surface area contributed by atoms with Crippen molar-refractivity contribution in [3.63, 3.8) is 0 Å². The molecule has 7 heteroatoms. The van der Waals surface area contributed by atoms with Crippen LogP contribution in [0.2, 0.25) is 0 Å². The van der Waals surface area contributed by atoms with Gasteiger partial charge in [0.15, 0.2) is 5.11 Å². The Morgan fingerprint density at radius 3 is 2.69 bits per heavy atom. The van der Waals surface area contributed by atoms with Crippen molar-refractivity contribution in [1.29, 1.82) is 0 Å². The molecule has 1 amide bonds.